The fraction of sp³-hybridized carbons (Fsp3) is 0.500. The van der Waals surface area contributed by atoms with Gasteiger partial charge in [-0.15, -0.1) is 0 Å². The van der Waals surface area contributed by atoms with Gasteiger partial charge in [0.15, 0.2) is 0 Å². The first kappa shape index (κ1) is 30.7. The quantitative estimate of drug-likeness (QED) is 0.410. The van der Waals surface area contributed by atoms with Crippen molar-refractivity contribution in [2.24, 2.45) is 5.92 Å². The van der Waals surface area contributed by atoms with Crippen molar-refractivity contribution < 1.29 is 23.9 Å². The summed E-state index contributed by atoms with van der Waals surface area (Å²) in [5, 5.41) is 5.73. The summed E-state index contributed by atoms with van der Waals surface area (Å²) in [6.07, 6.45) is -0.0486. The Balaban J connectivity index is 2.54. The molecule has 2 aromatic carbocycles. The second-order valence-electron chi connectivity index (χ2n) is 10.8. The van der Waals surface area contributed by atoms with Crippen molar-refractivity contribution >= 4 is 23.6 Å². The van der Waals surface area contributed by atoms with Crippen molar-refractivity contribution in [3.8, 4) is 5.75 Å². The molecule has 3 amide bonds. The molecule has 2 unspecified atom stereocenters. The number of carbonyl (C=O) groups is 3. The van der Waals surface area contributed by atoms with E-state index in [4.69, 9.17) is 9.47 Å². The van der Waals surface area contributed by atoms with Gasteiger partial charge in [-0.05, 0) is 87.9 Å². The molecule has 38 heavy (non-hydrogen) atoms. The lowest BCUT2D eigenvalue weighted by Crippen LogP contribution is -2.54. The van der Waals surface area contributed by atoms with Gasteiger partial charge in [0.05, 0.1) is 7.11 Å². The fourth-order valence-electron chi connectivity index (χ4n) is 4.31. The molecule has 208 valence electrons. The number of anilines is 1. The van der Waals surface area contributed by atoms with Gasteiger partial charge in [-0.1, -0.05) is 39.0 Å². The van der Waals surface area contributed by atoms with Crippen molar-refractivity contribution in [1.82, 2.24) is 10.2 Å². The van der Waals surface area contributed by atoms with Crippen LogP contribution in [0.4, 0.5) is 10.5 Å². The van der Waals surface area contributed by atoms with Crippen molar-refractivity contribution in [3.63, 3.8) is 0 Å². The molecule has 2 aromatic rings. The maximum Gasteiger partial charge on any atom is 0.408 e. The van der Waals surface area contributed by atoms with Gasteiger partial charge in [-0.3, -0.25) is 9.59 Å². The van der Waals surface area contributed by atoms with Gasteiger partial charge < -0.3 is 25.0 Å². The first-order chi connectivity index (χ1) is 17.8. The first-order valence-corrected chi connectivity index (χ1v) is 13.1. The molecule has 0 heterocycles. The molecule has 0 saturated heterocycles. The SMILES string of the molecule is CCCN(C(=O)C(NC(=O)OC(C)(C)C)C(C)C)C(C(=O)Nc1ccc(OC)cc1)c1c(C)cccc1C. The van der Waals surface area contributed by atoms with E-state index in [-0.39, 0.29) is 17.7 Å². The zero-order valence-corrected chi connectivity index (χ0v) is 24.2. The van der Waals surface area contributed by atoms with E-state index in [2.05, 4.69) is 10.6 Å². The molecular formula is C30H43N3O5. The Hall–Kier alpha value is -3.55. The molecule has 8 heteroatoms. The van der Waals surface area contributed by atoms with Crippen molar-refractivity contribution in [1.29, 1.82) is 0 Å². The third kappa shape index (κ3) is 8.23. The number of nitrogens with zero attached hydrogens (tertiary/aromatic N) is 1. The lowest BCUT2D eigenvalue weighted by molar-refractivity contribution is -0.141. The van der Waals surface area contributed by atoms with Gasteiger partial charge in [0.2, 0.25) is 5.91 Å². The van der Waals surface area contributed by atoms with Gasteiger partial charge in [0.25, 0.3) is 5.91 Å². The number of alkyl carbamates (subject to hydrolysis) is 1. The van der Waals surface area contributed by atoms with Gasteiger partial charge in [0.1, 0.15) is 23.4 Å². The van der Waals surface area contributed by atoms with Crippen LogP contribution < -0.4 is 15.4 Å². The molecule has 2 rings (SSSR count). The minimum absolute atomic E-state index is 0.238. The molecule has 2 N–H and O–H groups in total. The summed E-state index contributed by atoms with van der Waals surface area (Å²) in [4.78, 5) is 42.3. The fourth-order valence-corrected chi connectivity index (χ4v) is 4.31. The smallest absolute Gasteiger partial charge is 0.408 e. The Bertz CT molecular complexity index is 1090. The Morgan fingerprint density at radius 3 is 2.03 bits per heavy atom. The van der Waals surface area contributed by atoms with Crippen LogP contribution in [0.15, 0.2) is 42.5 Å². The van der Waals surface area contributed by atoms with Crippen molar-refractivity contribution in [3.05, 3.63) is 59.2 Å². The van der Waals surface area contributed by atoms with Crippen LogP contribution in [0.25, 0.3) is 0 Å². The number of aryl methyl sites for hydroxylation is 2. The maximum atomic E-state index is 14.1. The van der Waals surface area contributed by atoms with Crippen LogP contribution in [0, 0.1) is 19.8 Å². The van der Waals surface area contributed by atoms with E-state index in [9.17, 15) is 14.4 Å². The third-order valence-corrected chi connectivity index (χ3v) is 6.09. The summed E-state index contributed by atoms with van der Waals surface area (Å²) < 4.78 is 10.7. The highest BCUT2D eigenvalue weighted by Gasteiger charge is 2.38. The number of carbonyl (C=O) groups excluding carboxylic acids is 3. The van der Waals surface area contributed by atoms with E-state index in [0.29, 0.717) is 24.4 Å². The van der Waals surface area contributed by atoms with Gasteiger partial charge in [-0.25, -0.2) is 4.79 Å². The Kier molecular flexibility index (Phi) is 10.7. The summed E-state index contributed by atoms with van der Waals surface area (Å²) in [6.45, 7) is 15.2. The average Bonchev–Trinajstić information content (AvgIpc) is 2.82. The van der Waals surface area contributed by atoms with Gasteiger partial charge in [-0.2, -0.15) is 0 Å². The monoisotopic (exact) mass is 525 g/mol. The molecule has 0 radical (unpaired) electrons. The highest BCUT2D eigenvalue weighted by atomic mass is 16.6. The molecular weight excluding hydrogens is 482 g/mol. The van der Waals surface area contributed by atoms with Crippen molar-refractivity contribution in [2.75, 3.05) is 19.0 Å². The van der Waals surface area contributed by atoms with E-state index >= 15 is 0 Å². The largest absolute Gasteiger partial charge is 0.497 e. The minimum Gasteiger partial charge on any atom is -0.497 e. The Morgan fingerprint density at radius 2 is 1.55 bits per heavy atom. The number of nitrogens with one attached hydrogen (secondary N) is 2. The summed E-state index contributed by atoms with van der Waals surface area (Å²) in [6, 6.07) is 11.0. The Labute approximate surface area is 227 Å². The number of hydrogen-bond donors (Lipinski definition) is 2. The molecule has 0 aliphatic rings. The summed E-state index contributed by atoms with van der Waals surface area (Å²) in [5.41, 5.74) is 2.44. The number of hydrogen-bond acceptors (Lipinski definition) is 5. The highest BCUT2D eigenvalue weighted by molar-refractivity contribution is 5.99. The predicted octanol–water partition coefficient (Wildman–Crippen LogP) is 5.78. The zero-order valence-electron chi connectivity index (χ0n) is 24.2. The summed E-state index contributed by atoms with van der Waals surface area (Å²) >= 11 is 0. The topological polar surface area (TPSA) is 97.0 Å². The molecule has 0 aliphatic heterocycles. The first-order valence-electron chi connectivity index (χ1n) is 13.1. The third-order valence-electron chi connectivity index (χ3n) is 6.09. The minimum atomic E-state index is -0.910. The molecule has 0 saturated carbocycles. The van der Waals surface area contributed by atoms with Crippen LogP contribution in [0.2, 0.25) is 0 Å². The van der Waals surface area contributed by atoms with Crippen LogP contribution in [0.5, 0.6) is 5.75 Å². The molecule has 0 aromatic heterocycles. The summed E-state index contributed by atoms with van der Waals surface area (Å²) in [5.74, 6) is -0.248. The van der Waals surface area contributed by atoms with Crippen LogP contribution in [0.1, 0.15) is 70.7 Å². The lowest BCUT2D eigenvalue weighted by atomic mass is 9.92. The number of rotatable bonds is 10. The number of amides is 3. The van der Waals surface area contributed by atoms with E-state index in [0.717, 1.165) is 16.7 Å². The van der Waals surface area contributed by atoms with Crippen LogP contribution in [-0.4, -0.2) is 48.1 Å². The second kappa shape index (κ2) is 13.3. The molecule has 0 spiro atoms. The van der Waals surface area contributed by atoms with E-state index in [1.165, 1.54) is 0 Å². The summed E-state index contributed by atoms with van der Waals surface area (Å²) in [7, 11) is 1.58. The van der Waals surface area contributed by atoms with Gasteiger partial charge in [0, 0.05) is 12.2 Å². The predicted molar refractivity (Wildman–Crippen MR) is 150 cm³/mol. The van der Waals surface area contributed by atoms with Crippen LogP contribution in [-0.2, 0) is 14.3 Å². The average molecular weight is 526 g/mol. The van der Waals surface area contributed by atoms with Gasteiger partial charge >= 0.3 is 6.09 Å². The zero-order chi connectivity index (χ0) is 28.6. The molecule has 2 atom stereocenters. The number of ether oxygens (including phenoxy) is 2. The van der Waals surface area contributed by atoms with E-state index in [1.807, 2.05) is 52.8 Å². The maximum absolute atomic E-state index is 14.1. The lowest BCUT2D eigenvalue weighted by Gasteiger charge is -2.36. The molecule has 0 aliphatic carbocycles. The van der Waals surface area contributed by atoms with Crippen LogP contribution in [0.3, 0.4) is 0 Å². The molecule has 0 bridgehead atoms. The number of benzene rings is 2. The Morgan fingerprint density at radius 1 is 0.974 bits per heavy atom. The molecule has 0 fully saturated rings. The van der Waals surface area contributed by atoms with E-state index < -0.39 is 23.8 Å². The molecule has 8 nitrogen and oxygen atoms in total. The van der Waals surface area contributed by atoms with E-state index in [1.54, 1.807) is 57.0 Å². The second-order valence-corrected chi connectivity index (χ2v) is 10.8. The van der Waals surface area contributed by atoms with Crippen molar-refractivity contribution in [2.45, 2.75) is 79.5 Å². The number of methoxy groups -OCH3 is 1. The normalized spacial score (nSPS) is 12.9. The standard InChI is InChI=1S/C30H43N3O5/c1-10-18-33(28(35)25(19(2)3)32-29(36)38-30(6,7)8)26(24-20(4)12-11-13-21(24)5)27(34)31-22-14-16-23(37-9)17-15-22/h11-17,19,25-26H,10,18H2,1-9H3,(H,31,34)(H,32,36). The highest BCUT2D eigenvalue weighted by Crippen LogP contribution is 2.30. The van der Waals surface area contributed by atoms with Crippen LogP contribution >= 0.6 is 0 Å².